The minimum atomic E-state index is -0.635. The van der Waals surface area contributed by atoms with Gasteiger partial charge in [-0.3, -0.25) is 14.4 Å². The van der Waals surface area contributed by atoms with E-state index in [1.165, 1.54) is 6.92 Å². The molecule has 140 valence electrons. The van der Waals surface area contributed by atoms with Crippen LogP contribution < -0.4 is 20.1 Å². The Morgan fingerprint density at radius 2 is 1.85 bits per heavy atom. The van der Waals surface area contributed by atoms with Crippen molar-refractivity contribution in [2.75, 3.05) is 21.3 Å². The number of methoxy groups -OCH3 is 2. The lowest BCUT2D eigenvalue weighted by molar-refractivity contribution is -0.141. The summed E-state index contributed by atoms with van der Waals surface area (Å²) >= 11 is 0. The van der Waals surface area contributed by atoms with Gasteiger partial charge < -0.3 is 25.0 Å². The second-order valence-electron chi connectivity index (χ2n) is 6.49. The number of hydrogen-bond acceptors (Lipinski definition) is 5. The number of fused-ring (bicyclic) bond motifs is 3. The molecule has 2 heterocycles. The van der Waals surface area contributed by atoms with Gasteiger partial charge in [0.05, 0.1) is 20.3 Å². The number of carbonyl (C=O) groups is 3. The van der Waals surface area contributed by atoms with Gasteiger partial charge in [-0.05, 0) is 23.3 Å². The Hall–Kier alpha value is -2.77. The topological polar surface area (TPSA) is 97.0 Å². The molecule has 0 saturated carbocycles. The molecule has 0 bridgehead atoms. The molecule has 0 spiro atoms. The van der Waals surface area contributed by atoms with Crippen LogP contribution in [-0.4, -0.2) is 56.0 Å². The molecule has 2 N–H and O–H groups in total. The molecular formula is C18H23N3O5. The van der Waals surface area contributed by atoms with E-state index in [1.807, 2.05) is 12.1 Å². The smallest absolute Gasteiger partial charge is 0.246 e. The molecule has 8 heteroatoms. The predicted octanol–water partition coefficient (Wildman–Crippen LogP) is 0.153. The first-order valence-corrected chi connectivity index (χ1v) is 8.46. The van der Waals surface area contributed by atoms with Gasteiger partial charge >= 0.3 is 0 Å². The van der Waals surface area contributed by atoms with E-state index in [4.69, 9.17) is 9.47 Å². The minimum absolute atomic E-state index is 0.229. The van der Waals surface area contributed by atoms with Crippen LogP contribution in [0.3, 0.4) is 0 Å². The Morgan fingerprint density at radius 3 is 2.42 bits per heavy atom. The molecular weight excluding hydrogens is 338 g/mol. The van der Waals surface area contributed by atoms with E-state index in [0.717, 1.165) is 11.1 Å². The first-order valence-electron chi connectivity index (χ1n) is 8.46. The minimum Gasteiger partial charge on any atom is -0.493 e. The van der Waals surface area contributed by atoms with Gasteiger partial charge in [0.25, 0.3) is 0 Å². The number of nitrogens with zero attached hydrogens (tertiary/aromatic N) is 1. The molecule has 3 atom stereocenters. The van der Waals surface area contributed by atoms with Crippen molar-refractivity contribution in [3.8, 4) is 11.5 Å². The van der Waals surface area contributed by atoms with Crippen molar-refractivity contribution in [1.82, 2.24) is 15.5 Å². The van der Waals surface area contributed by atoms with Crippen molar-refractivity contribution in [3.05, 3.63) is 23.3 Å². The third kappa shape index (κ3) is 2.85. The van der Waals surface area contributed by atoms with Crippen LogP contribution in [0, 0.1) is 0 Å². The zero-order chi connectivity index (χ0) is 19.0. The van der Waals surface area contributed by atoms with Crippen molar-refractivity contribution in [2.24, 2.45) is 0 Å². The Morgan fingerprint density at radius 1 is 1.19 bits per heavy atom. The molecule has 2 aliphatic heterocycles. The molecule has 0 unspecified atom stereocenters. The Balaban J connectivity index is 2.08. The van der Waals surface area contributed by atoms with Gasteiger partial charge in [-0.15, -0.1) is 0 Å². The largest absolute Gasteiger partial charge is 0.493 e. The van der Waals surface area contributed by atoms with Gasteiger partial charge in [0.2, 0.25) is 17.7 Å². The molecule has 1 aromatic carbocycles. The monoisotopic (exact) mass is 361 g/mol. The van der Waals surface area contributed by atoms with E-state index in [0.29, 0.717) is 24.3 Å². The molecule has 3 rings (SSSR count). The molecule has 3 amide bonds. The summed E-state index contributed by atoms with van der Waals surface area (Å²) in [7, 11) is 4.66. The van der Waals surface area contributed by atoms with Crippen LogP contribution in [0.4, 0.5) is 0 Å². The number of carbonyl (C=O) groups excluding carboxylic acids is 3. The first-order chi connectivity index (χ1) is 12.4. The van der Waals surface area contributed by atoms with Gasteiger partial charge in [-0.2, -0.15) is 0 Å². The number of likely N-dealkylation sites (N-methyl/N-ethyl adjacent to an activating group) is 1. The number of hydrogen-bond donors (Lipinski definition) is 2. The standard InChI is InChI=1S/C18H23N3O5/c1-9(22)20-12-8-13-11-7-16(26-4)15(25-3)6-10(11)5-14(17(23)19-2)21(13)18(12)24/h6-7,12-14H,5,8H2,1-4H3,(H,19,23)(H,20,22)/t12-,13+,14-/m0/s1. The average molecular weight is 361 g/mol. The van der Waals surface area contributed by atoms with Crippen molar-refractivity contribution in [2.45, 2.75) is 37.9 Å². The maximum absolute atomic E-state index is 12.9. The lowest BCUT2D eigenvalue weighted by Gasteiger charge is -2.38. The second kappa shape index (κ2) is 6.86. The summed E-state index contributed by atoms with van der Waals surface area (Å²) in [5, 5.41) is 5.32. The maximum Gasteiger partial charge on any atom is 0.246 e. The molecule has 8 nitrogen and oxygen atoms in total. The number of ether oxygens (including phenoxy) is 2. The van der Waals surface area contributed by atoms with Crippen molar-refractivity contribution in [1.29, 1.82) is 0 Å². The van der Waals surface area contributed by atoms with Gasteiger partial charge in [-0.1, -0.05) is 0 Å². The Kier molecular flexibility index (Phi) is 4.76. The SMILES string of the molecule is CNC(=O)[C@@H]1Cc2cc(OC)c(OC)cc2[C@H]2C[C@H](NC(C)=O)C(=O)N21. The summed E-state index contributed by atoms with van der Waals surface area (Å²) < 4.78 is 10.8. The fourth-order valence-electron chi connectivity index (χ4n) is 3.90. The molecule has 2 aliphatic rings. The second-order valence-corrected chi connectivity index (χ2v) is 6.49. The summed E-state index contributed by atoms with van der Waals surface area (Å²) in [5.74, 6) is 0.414. The van der Waals surface area contributed by atoms with Crippen molar-refractivity contribution < 1.29 is 23.9 Å². The van der Waals surface area contributed by atoms with E-state index < -0.39 is 12.1 Å². The Labute approximate surface area is 151 Å². The summed E-state index contributed by atoms with van der Waals surface area (Å²) in [6.45, 7) is 1.38. The van der Waals surface area contributed by atoms with Gasteiger partial charge in [0.1, 0.15) is 12.1 Å². The molecule has 1 aromatic rings. The summed E-state index contributed by atoms with van der Waals surface area (Å²) in [5.41, 5.74) is 1.86. The fourth-order valence-corrected chi connectivity index (χ4v) is 3.90. The highest BCUT2D eigenvalue weighted by atomic mass is 16.5. The third-order valence-electron chi connectivity index (χ3n) is 5.03. The molecule has 26 heavy (non-hydrogen) atoms. The lowest BCUT2D eigenvalue weighted by atomic mass is 9.87. The molecule has 0 aromatic heterocycles. The highest BCUT2D eigenvalue weighted by Crippen LogP contribution is 2.45. The number of rotatable bonds is 4. The van der Waals surface area contributed by atoms with E-state index in [1.54, 1.807) is 26.2 Å². The van der Waals surface area contributed by atoms with Gasteiger partial charge in [0, 0.05) is 26.8 Å². The van der Waals surface area contributed by atoms with Crippen LogP contribution in [0.1, 0.15) is 30.5 Å². The van der Waals surface area contributed by atoms with Crippen molar-refractivity contribution in [3.63, 3.8) is 0 Å². The predicted molar refractivity (Wildman–Crippen MR) is 92.9 cm³/mol. The summed E-state index contributed by atoms with van der Waals surface area (Å²) in [6, 6.07) is 2.16. The molecule has 0 radical (unpaired) electrons. The van der Waals surface area contributed by atoms with Crippen LogP contribution >= 0.6 is 0 Å². The lowest BCUT2D eigenvalue weighted by Crippen LogP contribution is -2.53. The zero-order valence-electron chi connectivity index (χ0n) is 15.3. The summed E-state index contributed by atoms with van der Waals surface area (Å²) in [4.78, 5) is 38.3. The average Bonchev–Trinajstić information content (AvgIpc) is 2.95. The van der Waals surface area contributed by atoms with E-state index >= 15 is 0 Å². The zero-order valence-corrected chi connectivity index (χ0v) is 15.3. The maximum atomic E-state index is 12.9. The fraction of sp³-hybridized carbons (Fsp3) is 0.500. The van der Waals surface area contributed by atoms with Crippen LogP contribution in [0.25, 0.3) is 0 Å². The first kappa shape index (κ1) is 18.0. The number of nitrogens with one attached hydrogen (secondary N) is 2. The highest BCUT2D eigenvalue weighted by Gasteiger charge is 2.49. The number of amides is 3. The third-order valence-corrected chi connectivity index (χ3v) is 5.03. The Bertz CT molecular complexity index is 763. The van der Waals surface area contributed by atoms with Crippen LogP contribution in [0.5, 0.6) is 11.5 Å². The van der Waals surface area contributed by atoms with Crippen LogP contribution in [-0.2, 0) is 20.8 Å². The van der Waals surface area contributed by atoms with E-state index in [-0.39, 0.29) is 23.8 Å². The van der Waals surface area contributed by atoms with Gasteiger partial charge in [-0.25, -0.2) is 0 Å². The van der Waals surface area contributed by atoms with Gasteiger partial charge in [0.15, 0.2) is 11.5 Å². The van der Waals surface area contributed by atoms with Crippen molar-refractivity contribution >= 4 is 17.7 Å². The van der Waals surface area contributed by atoms with Crippen LogP contribution in [0.15, 0.2) is 12.1 Å². The molecule has 1 fully saturated rings. The number of benzene rings is 1. The summed E-state index contributed by atoms with van der Waals surface area (Å²) in [6.07, 6.45) is 0.790. The van der Waals surface area contributed by atoms with E-state index in [2.05, 4.69) is 10.6 Å². The quantitative estimate of drug-likeness (QED) is 0.796. The molecule has 1 saturated heterocycles. The molecule has 0 aliphatic carbocycles. The van der Waals surface area contributed by atoms with E-state index in [9.17, 15) is 14.4 Å². The normalized spacial score (nSPS) is 23.8. The van der Waals surface area contributed by atoms with Crippen LogP contribution in [0.2, 0.25) is 0 Å². The highest BCUT2D eigenvalue weighted by molar-refractivity contribution is 5.94.